The van der Waals surface area contributed by atoms with E-state index < -0.39 is 32.2 Å². The minimum absolute atomic E-state index is 0. The lowest BCUT2D eigenvalue weighted by molar-refractivity contribution is -0.715. The highest BCUT2D eigenvalue weighted by molar-refractivity contribution is 7.47. The van der Waals surface area contributed by atoms with Gasteiger partial charge in [0.2, 0.25) is 11.3 Å². The molecule has 1 fully saturated rings. The van der Waals surface area contributed by atoms with Gasteiger partial charge in [0.25, 0.3) is 6.04 Å². The maximum Gasteiger partial charge on any atom is 0.472 e. The van der Waals surface area contributed by atoms with Crippen molar-refractivity contribution in [3.05, 3.63) is 17.1 Å². The van der Waals surface area contributed by atoms with Gasteiger partial charge in [-0.15, -0.1) is 0 Å². The molecule has 3 atom stereocenters. The Bertz CT molecular complexity index is 921. The zero-order valence-corrected chi connectivity index (χ0v) is 27.9. The van der Waals surface area contributed by atoms with Crippen molar-refractivity contribution < 1.29 is 47.6 Å². The molecule has 0 bridgehead atoms. The molecule has 1 amide bonds. The number of ketones is 1. The summed E-state index contributed by atoms with van der Waals surface area (Å²) >= 11 is 1.38. The van der Waals surface area contributed by atoms with Gasteiger partial charge in [-0.25, -0.2) is 9.36 Å². The largest absolute Gasteiger partial charge is 0.870 e. The molecule has 1 aromatic rings. The van der Waals surface area contributed by atoms with E-state index in [1.54, 1.807) is 28.6 Å². The molecule has 0 aromatic carbocycles. The smallest absolute Gasteiger partial charge is 0.472 e. The number of Topliss-reactive ketones (excluding diaryl/α,β-unsaturated/α-hetero) is 1. The molecule has 1 aliphatic heterocycles. The predicted molar refractivity (Wildman–Crippen MR) is 165 cm³/mol. The molecule has 2 heterocycles. The van der Waals surface area contributed by atoms with Crippen molar-refractivity contribution in [2.45, 2.75) is 128 Å². The second-order valence-corrected chi connectivity index (χ2v) is 13.4. The quantitative estimate of drug-likeness (QED) is 0.0655. The van der Waals surface area contributed by atoms with Crippen molar-refractivity contribution in [1.29, 1.82) is 0 Å². The van der Waals surface area contributed by atoms with E-state index in [1.807, 2.05) is 0 Å². The fraction of sp³-hybridized carbons (Fsp3) is 0.833. The number of rotatable bonds is 25. The molecule has 13 heteroatoms. The normalized spacial score (nSPS) is 19.6. The molecule has 1 saturated heterocycles. The topological polar surface area (TPSA) is 154 Å². The summed E-state index contributed by atoms with van der Waals surface area (Å²) in [5.74, 6) is -0.247. The SMILES string of the molecule is CCCCCCCCCCCCCCCCCCNC(=O)OCC1(COP(=O)(O)OCC)OCC(=O)C1[n+]1ccsc1.[OH-]. The first-order chi connectivity index (χ1) is 20.3. The van der Waals surface area contributed by atoms with E-state index in [9.17, 15) is 19.0 Å². The van der Waals surface area contributed by atoms with Crippen molar-refractivity contribution in [2.24, 2.45) is 0 Å². The minimum Gasteiger partial charge on any atom is -0.870 e. The number of nitrogens with one attached hydrogen (secondary N) is 1. The van der Waals surface area contributed by atoms with Crippen LogP contribution in [0.15, 0.2) is 17.1 Å². The Morgan fingerprint density at radius 3 is 2.05 bits per heavy atom. The molecule has 0 saturated carbocycles. The third kappa shape index (κ3) is 15.9. The molecule has 2 rings (SSSR count). The molecule has 11 nitrogen and oxygen atoms in total. The summed E-state index contributed by atoms with van der Waals surface area (Å²) in [6.07, 6.45) is 21.6. The monoisotopic (exact) mass is 650 g/mol. The molecule has 3 N–H and O–H groups in total. The van der Waals surface area contributed by atoms with Crippen LogP contribution in [0.1, 0.15) is 123 Å². The van der Waals surface area contributed by atoms with Gasteiger partial charge in [-0.3, -0.25) is 13.8 Å². The number of carbonyl (C=O) groups excluding carboxylic acids is 2. The molecule has 1 aliphatic rings. The van der Waals surface area contributed by atoms with Crippen molar-refractivity contribution in [3.8, 4) is 0 Å². The second-order valence-electron chi connectivity index (χ2n) is 11.2. The van der Waals surface area contributed by atoms with Crippen LogP contribution in [0.25, 0.3) is 0 Å². The number of carbonyl (C=O) groups is 2. The van der Waals surface area contributed by atoms with Crippen molar-refractivity contribution in [3.63, 3.8) is 0 Å². The summed E-state index contributed by atoms with van der Waals surface area (Å²) in [4.78, 5) is 35.1. The van der Waals surface area contributed by atoms with E-state index in [1.165, 1.54) is 94.8 Å². The fourth-order valence-electron chi connectivity index (χ4n) is 5.27. The highest BCUT2D eigenvalue weighted by Gasteiger charge is 2.58. The van der Waals surface area contributed by atoms with Crippen LogP contribution in [-0.2, 0) is 27.9 Å². The Morgan fingerprint density at radius 2 is 1.53 bits per heavy atom. The van der Waals surface area contributed by atoms with E-state index in [0.29, 0.717) is 6.54 Å². The number of unbranched alkanes of at least 4 members (excludes halogenated alkanes) is 15. The fourth-order valence-corrected chi connectivity index (χ4v) is 6.67. The lowest BCUT2D eigenvalue weighted by atomic mass is 9.95. The lowest BCUT2D eigenvalue weighted by Crippen LogP contribution is -2.57. The summed E-state index contributed by atoms with van der Waals surface area (Å²) < 4.78 is 34.9. The summed E-state index contributed by atoms with van der Waals surface area (Å²) in [6, 6.07) is -0.876. The molecule has 1 aromatic heterocycles. The van der Waals surface area contributed by atoms with Crippen LogP contribution in [0.4, 0.5) is 4.79 Å². The number of thiazole rings is 1. The maximum absolute atomic E-state index is 12.7. The molecule has 250 valence electrons. The molecular weight excluding hydrogens is 595 g/mol. The van der Waals surface area contributed by atoms with Crippen LogP contribution in [0.3, 0.4) is 0 Å². The van der Waals surface area contributed by atoms with Gasteiger partial charge in [-0.05, 0) is 13.3 Å². The Labute approximate surface area is 262 Å². The average molecular weight is 651 g/mol. The summed E-state index contributed by atoms with van der Waals surface area (Å²) in [5, 5.41) is 4.54. The van der Waals surface area contributed by atoms with E-state index in [2.05, 4.69) is 12.2 Å². The average Bonchev–Trinajstić information content (AvgIpc) is 3.60. The maximum atomic E-state index is 12.7. The number of aromatic nitrogens is 1. The zero-order valence-electron chi connectivity index (χ0n) is 26.2. The van der Waals surface area contributed by atoms with E-state index in [-0.39, 0.29) is 31.1 Å². The minimum atomic E-state index is -4.36. The first-order valence-corrected chi connectivity index (χ1v) is 18.4. The van der Waals surface area contributed by atoms with Crippen LogP contribution in [-0.4, -0.2) is 60.8 Å². The van der Waals surface area contributed by atoms with Gasteiger partial charge in [0.1, 0.15) is 13.2 Å². The molecule has 0 radical (unpaired) electrons. The van der Waals surface area contributed by atoms with Crippen molar-refractivity contribution in [2.75, 3.05) is 33.0 Å². The van der Waals surface area contributed by atoms with Crippen LogP contribution < -0.4 is 9.88 Å². The zero-order chi connectivity index (χ0) is 30.5. The molecule has 0 spiro atoms. The van der Waals surface area contributed by atoms with Gasteiger partial charge in [-0.2, -0.15) is 4.57 Å². The van der Waals surface area contributed by atoms with Gasteiger partial charge in [0.05, 0.1) is 18.6 Å². The van der Waals surface area contributed by atoms with E-state index >= 15 is 0 Å². The number of hydrogen-bond donors (Lipinski definition) is 2. The van der Waals surface area contributed by atoms with Gasteiger partial charge in [0.15, 0.2) is 11.8 Å². The Kier molecular flexibility index (Phi) is 21.2. The van der Waals surface area contributed by atoms with Crippen LogP contribution in [0.2, 0.25) is 0 Å². The third-order valence-electron chi connectivity index (χ3n) is 7.61. The number of phosphoric acid groups is 1. The molecule has 43 heavy (non-hydrogen) atoms. The Hall–Kier alpha value is -1.40. The predicted octanol–water partition coefficient (Wildman–Crippen LogP) is 6.88. The first-order valence-electron chi connectivity index (χ1n) is 16.0. The number of ether oxygens (including phenoxy) is 2. The molecule has 0 aliphatic carbocycles. The van der Waals surface area contributed by atoms with Gasteiger partial charge >= 0.3 is 13.9 Å². The summed E-state index contributed by atoms with van der Waals surface area (Å²) in [6.45, 7) is 3.26. The number of amides is 1. The number of phosphoric ester groups is 1. The first kappa shape index (κ1) is 39.6. The second kappa shape index (κ2) is 23.0. The number of nitrogens with zero attached hydrogens (tertiary/aromatic N) is 1. The third-order valence-corrected chi connectivity index (χ3v) is 9.29. The summed E-state index contributed by atoms with van der Waals surface area (Å²) in [5.41, 5.74) is 0.258. The highest BCUT2D eigenvalue weighted by Crippen LogP contribution is 2.45. The number of alkyl carbamates (subject to hydrolysis) is 1. The Morgan fingerprint density at radius 1 is 0.977 bits per heavy atom. The molecule has 3 unspecified atom stereocenters. The molecular formula is C30H55N2O9PS. The van der Waals surface area contributed by atoms with Gasteiger partial charge in [0, 0.05) is 6.54 Å². The van der Waals surface area contributed by atoms with Crippen LogP contribution in [0.5, 0.6) is 0 Å². The van der Waals surface area contributed by atoms with Gasteiger partial charge < -0.3 is 25.2 Å². The van der Waals surface area contributed by atoms with E-state index in [4.69, 9.17) is 18.5 Å². The summed E-state index contributed by atoms with van der Waals surface area (Å²) in [7, 11) is -4.36. The van der Waals surface area contributed by atoms with Crippen LogP contribution >= 0.6 is 19.2 Å². The lowest BCUT2D eigenvalue weighted by Gasteiger charge is -2.29. The van der Waals surface area contributed by atoms with Gasteiger partial charge in [-0.1, -0.05) is 115 Å². The number of hydrogen-bond acceptors (Lipinski definition) is 9. The van der Waals surface area contributed by atoms with Crippen LogP contribution in [0, 0.1) is 0 Å². The Balaban J connectivity index is 0.00000924. The van der Waals surface area contributed by atoms with E-state index in [0.717, 1.165) is 19.3 Å². The standard InChI is InChI=1S/C30H53N2O8PS.H2O/c1-3-5-6-7-8-9-10-11-12-13-14-15-16-17-18-19-20-31-29(34)37-24-30(25-40-41(35,36)39-4-2)28(27(33)23-38-30)32-21-22-42-26-32;/h21-22,26,28H,3-20,23-25H2,1-2H3,(H-,31,34,35,36);1H2. The van der Waals surface area contributed by atoms with Crippen molar-refractivity contribution >= 4 is 31.0 Å². The van der Waals surface area contributed by atoms with Crippen molar-refractivity contribution in [1.82, 2.24) is 5.32 Å². The highest BCUT2D eigenvalue weighted by atomic mass is 32.1.